The van der Waals surface area contributed by atoms with Crippen LogP contribution < -0.4 is 10.5 Å². The third-order valence-electron chi connectivity index (χ3n) is 2.50. The number of nitrogens with one attached hydrogen (secondary N) is 1. The van der Waals surface area contributed by atoms with Crippen molar-refractivity contribution in [1.29, 1.82) is 5.26 Å². The highest BCUT2D eigenvalue weighted by molar-refractivity contribution is 7.80. The summed E-state index contributed by atoms with van der Waals surface area (Å²) in [6.45, 7) is 0. The number of azo groups is 1. The molecule has 2 aromatic carbocycles. The van der Waals surface area contributed by atoms with Crippen molar-refractivity contribution in [3.63, 3.8) is 0 Å². The highest BCUT2D eigenvalue weighted by Crippen LogP contribution is 2.30. The van der Waals surface area contributed by atoms with Gasteiger partial charge in [0.15, 0.2) is 0 Å². The Bertz CT molecular complexity index is 754. The lowest BCUT2D eigenvalue weighted by molar-refractivity contribution is 0.542. The van der Waals surface area contributed by atoms with E-state index in [-0.39, 0.29) is 5.69 Å². The van der Waals surface area contributed by atoms with Gasteiger partial charge < -0.3 is 15.0 Å². The Balaban J connectivity index is 2.37. The van der Waals surface area contributed by atoms with Crippen LogP contribution in [0.25, 0.3) is 0 Å². The lowest BCUT2D eigenvalue weighted by Crippen LogP contribution is -2.02. The molecule has 1 unspecified atom stereocenters. The zero-order valence-electron chi connectivity index (χ0n) is 10.7. The number of nitriles is 1. The number of hydrogen-bond donors (Lipinski definition) is 2. The maximum atomic E-state index is 10.7. The Labute approximate surface area is 123 Å². The molecule has 0 saturated carbocycles. The lowest BCUT2D eigenvalue weighted by atomic mass is 10.2. The summed E-state index contributed by atoms with van der Waals surface area (Å²) in [5.74, 6) is 0. The van der Waals surface area contributed by atoms with Crippen molar-refractivity contribution >= 4 is 34.0 Å². The normalized spacial score (nSPS) is 12.0. The molecule has 0 amide bonds. The molecule has 21 heavy (non-hydrogen) atoms. The SMILES string of the molecule is N#Cc1ccccc1N=Nc1ccc(N)cc1NS(=O)[O-]. The van der Waals surface area contributed by atoms with Crippen molar-refractivity contribution in [3.05, 3.63) is 48.0 Å². The van der Waals surface area contributed by atoms with Crippen molar-refractivity contribution in [2.45, 2.75) is 0 Å². The molecule has 3 N–H and O–H groups in total. The molecule has 2 aromatic rings. The molecular formula is C13H10N5O2S-. The van der Waals surface area contributed by atoms with E-state index >= 15 is 0 Å². The average molecular weight is 300 g/mol. The summed E-state index contributed by atoms with van der Waals surface area (Å²) < 4.78 is 23.7. The molecule has 8 heteroatoms. The summed E-state index contributed by atoms with van der Waals surface area (Å²) in [6.07, 6.45) is 0. The Hall–Kier alpha value is -2.76. The van der Waals surface area contributed by atoms with E-state index in [0.717, 1.165) is 0 Å². The first-order valence-corrected chi connectivity index (χ1v) is 6.84. The first kappa shape index (κ1) is 14.6. The van der Waals surface area contributed by atoms with E-state index < -0.39 is 11.3 Å². The van der Waals surface area contributed by atoms with E-state index in [2.05, 4.69) is 15.0 Å². The van der Waals surface area contributed by atoms with Gasteiger partial charge in [0.1, 0.15) is 17.4 Å². The monoisotopic (exact) mass is 300 g/mol. The third-order valence-corrected chi connectivity index (χ3v) is 2.89. The summed E-state index contributed by atoms with van der Waals surface area (Å²) >= 11 is -2.50. The van der Waals surface area contributed by atoms with Crippen molar-refractivity contribution in [2.75, 3.05) is 10.5 Å². The van der Waals surface area contributed by atoms with Gasteiger partial charge in [0.05, 0.1) is 11.3 Å². The van der Waals surface area contributed by atoms with Gasteiger partial charge >= 0.3 is 0 Å². The molecule has 0 radical (unpaired) electrons. The molecule has 0 fully saturated rings. The predicted molar refractivity (Wildman–Crippen MR) is 78.7 cm³/mol. The largest absolute Gasteiger partial charge is 0.755 e. The molecular weight excluding hydrogens is 290 g/mol. The molecule has 0 saturated heterocycles. The van der Waals surface area contributed by atoms with Gasteiger partial charge in [-0.15, -0.1) is 10.2 Å². The van der Waals surface area contributed by atoms with E-state index in [1.165, 1.54) is 12.1 Å². The zero-order valence-corrected chi connectivity index (χ0v) is 11.5. The fourth-order valence-electron chi connectivity index (χ4n) is 1.58. The minimum absolute atomic E-state index is 0.210. The molecule has 106 valence electrons. The van der Waals surface area contributed by atoms with Gasteiger partial charge in [-0.3, -0.25) is 4.21 Å². The van der Waals surface area contributed by atoms with E-state index in [0.29, 0.717) is 22.6 Å². The molecule has 0 heterocycles. The average Bonchev–Trinajstić information content (AvgIpc) is 2.46. The van der Waals surface area contributed by atoms with Crippen LogP contribution in [0.1, 0.15) is 5.56 Å². The Kier molecular flexibility index (Phi) is 4.61. The summed E-state index contributed by atoms with van der Waals surface area (Å²) in [7, 11) is 0. The molecule has 1 atom stereocenters. The van der Waals surface area contributed by atoms with Crippen molar-refractivity contribution in [2.24, 2.45) is 10.2 Å². The van der Waals surface area contributed by atoms with Gasteiger partial charge in [0.25, 0.3) is 0 Å². The molecule has 7 nitrogen and oxygen atoms in total. The number of nitrogens with two attached hydrogens (primary N) is 1. The first-order chi connectivity index (χ1) is 10.1. The summed E-state index contributed by atoms with van der Waals surface area (Å²) in [5, 5.41) is 16.9. The topological polar surface area (TPSA) is 127 Å². The fraction of sp³-hybridized carbons (Fsp3) is 0. The number of benzene rings is 2. The van der Waals surface area contributed by atoms with E-state index in [9.17, 15) is 8.76 Å². The highest BCUT2D eigenvalue weighted by atomic mass is 32.2. The number of nitrogens with zero attached hydrogens (tertiary/aromatic N) is 3. The van der Waals surface area contributed by atoms with Gasteiger partial charge in [-0.1, -0.05) is 12.1 Å². The Morgan fingerprint density at radius 2 is 1.90 bits per heavy atom. The summed E-state index contributed by atoms with van der Waals surface area (Å²) in [4.78, 5) is 0. The molecule has 0 bridgehead atoms. The van der Waals surface area contributed by atoms with Crippen LogP contribution in [0.2, 0.25) is 0 Å². The molecule has 0 aliphatic heterocycles. The highest BCUT2D eigenvalue weighted by Gasteiger charge is 2.03. The van der Waals surface area contributed by atoms with Gasteiger partial charge in [0.2, 0.25) is 0 Å². The van der Waals surface area contributed by atoms with Crippen molar-refractivity contribution in [3.8, 4) is 6.07 Å². The van der Waals surface area contributed by atoms with Crippen LogP contribution in [-0.2, 0) is 11.3 Å². The van der Waals surface area contributed by atoms with Gasteiger partial charge in [-0.05, 0) is 30.3 Å². The lowest BCUT2D eigenvalue weighted by Gasteiger charge is -2.11. The number of rotatable bonds is 4. The first-order valence-electron chi connectivity index (χ1n) is 5.76. The summed E-state index contributed by atoms with van der Waals surface area (Å²) in [5.41, 5.74) is 7.26. The van der Waals surface area contributed by atoms with Gasteiger partial charge in [-0.25, -0.2) is 0 Å². The maximum absolute atomic E-state index is 10.7. The van der Waals surface area contributed by atoms with E-state index in [4.69, 9.17) is 11.0 Å². The second-order valence-electron chi connectivity index (χ2n) is 3.94. The molecule has 0 aliphatic rings. The standard InChI is InChI=1S/C13H11N5O2S/c14-8-9-3-1-2-4-11(9)16-17-12-6-5-10(15)7-13(12)18-21(19)20/h1-7,18H,15H2,(H,19,20)/p-1. The van der Waals surface area contributed by atoms with Crippen LogP contribution in [0.5, 0.6) is 0 Å². The van der Waals surface area contributed by atoms with Gasteiger partial charge in [-0.2, -0.15) is 5.26 Å². The van der Waals surface area contributed by atoms with Crippen molar-refractivity contribution in [1.82, 2.24) is 0 Å². The van der Waals surface area contributed by atoms with Crippen LogP contribution in [0.3, 0.4) is 0 Å². The quantitative estimate of drug-likeness (QED) is 0.511. The van der Waals surface area contributed by atoms with Crippen LogP contribution in [0.15, 0.2) is 52.7 Å². The summed E-state index contributed by atoms with van der Waals surface area (Å²) in [6, 6.07) is 13.2. The maximum Gasteiger partial charge on any atom is 0.110 e. The second-order valence-corrected chi connectivity index (χ2v) is 4.62. The fourth-order valence-corrected chi connectivity index (χ4v) is 1.92. The van der Waals surface area contributed by atoms with Crippen molar-refractivity contribution < 1.29 is 8.76 Å². The predicted octanol–water partition coefficient (Wildman–Crippen LogP) is 2.76. The van der Waals surface area contributed by atoms with Crippen LogP contribution in [-0.4, -0.2) is 8.76 Å². The zero-order chi connectivity index (χ0) is 15.2. The van der Waals surface area contributed by atoms with E-state index in [1.54, 1.807) is 30.3 Å². The van der Waals surface area contributed by atoms with Crippen LogP contribution >= 0.6 is 0 Å². The van der Waals surface area contributed by atoms with Crippen LogP contribution in [0, 0.1) is 11.3 Å². The minimum atomic E-state index is -2.50. The Morgan fingerprint density at radius 3 is 2.62 bits per heavy atom. The minimum Gasteiger partial charge on any atom is -0.755 e. The number of hydrogen-bond acceptors (Lipinski definition) is 6. The smallest absolute Gasteiger partial charge is 0.110 e. The third kappa shape index (κ3) is 3.85. The molecule has 0 aliphatic carbocycles. The number of anilines is 2. The van der Waals surface area contributed by atoms with Crippen LogP contribution in [0.4, 0.5) is 22.7 Å². The molecule has 2 rings (SSSR count). The molecule has 0 aromatic heterocycles. The Morgan fingerprint density at radius 1 is 1.19 bits per heavy atom. The van der Waals surface area contributed by atoms with Gasteiger partial charge in [0, 0.05) is 17.0 Å². The second kappa shape index (κ2) is 6.60. The molecule has 0 spiro atoms. The number of nitrogen functional groups attached to an aromatic ring is 1. The van der Waals surface area contributed by atoms with E-state index in [1.807, 2.05) is 6.07 Å².